The first-order chi connectivity index (χ1) is 16.2. The number of carbonyl (C=O) groups excluding carboxylic acids is 1. The van der Waals surface area contributed by atoms with Crippen LogP contribution < -0.4 is 5.32 Å². The van der Waals surface area contributed by atoms with E-state index in [9.17, 15) is 4.79 Å². The number of piperidine rings is 1. The highest BCUT2D eigenvalue weighted by molar-refractivity contribution is 6.30. The van der Waals surface area contributed by atoms with E-state index in [0.717, 1.165) is 60.3 Å². The van der Waals surface area contributed by atoms with Gasteiger partial charge in [0.2, 0.25) is 0 Å². The second kappa shape index (κ2) is 9.69. The van der Waals surface area contributed by atoms with Crippen LogP contribution in [0.15, 0.2) is 79.0 Å². The van der Waals surface area contributed by atoms with E-state index in [1.54, 1.807) is 0 Å². The number of pyridine rings is 2. The van der Waals surface area contributed by atoms with Crippen LogP contribution in [0.25, 0.3) is 22.2 Å². The Labute approximate surface area is 198 Å². The smallest absolute Gasteiger partial charge is 0.252 e. The van der Waals surface area contributed by atoms with Crippen molar-refractivity contribution < 1.29 is 4.79 Å². The lowest BCUT2D eigenvalue weighted by Gasteiger charge is -2.32. The second-order valence-corrected chi connectivity index (χ2v) is 8.86. The van der Waals surface area contributed by atoms with E-state index < -0.39 is 0 Å². The SMILES string of the molecule is O=C(NC1CCN(Cc2ccccn2)CC1)c1cc(-c2ccc(Cl)cc2)nc2ccccc12. The molecule has 0 atom stereocenters. The fourth-order valence-electron chi connectivity index (χ4n) is 4.35. The van der Waals surface area contributed by atoms with E-state index in [2.05, 4.69) is 21.3 Å². The van der Waals surface area contributed by atoms with Crippen LogP contribution in [0.4, 0.5) is 0 Å². The quantitative estimate of drug-likeness (QED) is 0.440. The summed E-state index contributed by atoms with van der Waals surface area (Å²) < 4.78 is 0. The second-order valence-electron chi connectivity index (χ2n) is 8.42. The van der Waals surface area contributed by atoms with Gasteiger partial charge in [0.1, 0.15) is 0 Å². The Morgan fingerprint density at radius 1 is 1.00 bits per heavy atom. The molecule has 1 aliphatic heterocycles. The van der Waals surface area contributed by atoms with Crippen molar-refractivity contribution in [3.05, 3.63) is 95.3 Å². The van der Waals surface area contributed by atoms with Crippen molar-refractivity contribution in [2.75, 3.05) is 13.1 Å². The molecule has 1 fully saturated rings. The molecule has 0 aliphatic carbocycles. The summed E-state index contributed by atoms with van der Waals surface area (Å²) in [5, 5.41) is 4.80. The van der Waals surface area contributed by atoms with Crippen LogP contribution in [0.3, 0.4) is 0 Å². The largest absolute Gasteiger partial charge is 0.349 e. The maximum atomic E-state index is 13.4. The molecule has 1 saturated heterocycles. The molecule has 0 unspecified atom stereocenters. The predicted molar refractivity (Wildman–Crippen MR) is 132 cm³/mol. The number of carbonyl (C=O) groups is 1. The number of hydrogen-bond donors (Lipinski definition) is 1. The summed E-state index contributed by atoms with van der Waals surface area (Å²) in [6, 6.07) is 23.4. The van der Waals surface area contributed by atoms with Crippen molar-refractivity contribution in [3.8, 4) is 11.3 Å². The van der Waals surface area contributed by atoms with Gasteiger partial charge in [-0.05, 0) is 49.2 Å². The van der Waals surface area contributed by atoms with E-state index >= 15 is 0 Å². The van der Waals surface area contributed by atoms with Crippen molar-refractivity contribution in [2.24, 2.45) is 0 Å². The van der Waals surface area contributed by atoms with Crippen molar-refractivity contribution in [3.63, 3.8) is 0 Å². The fraction of sp³-hybridized carbons (Fsp3) is 0.222. The first kappa shape index (κ1) is 21.6. The topological polar surface area (TPSA) is 58.1 Å². The van der Waals surface area contributed by atoms with Gasteiger partial charge in [0.15, 0.2) is 0 Å². The minimum atomic E-state index is -0.0491. The molecule has 1 aliphatic rings. The van der Waals surface area contributed by atoms with Crippen LogP contribution in [0.1, 0.15) is 28.9 Å². The summed E-state index contributed by atoms with van der Waals surface area (Å²) in [5.41, 5.74) is 4.24. The van der Waals surface area contributed by atoms with Crippen LogP contribution in [0.2, 0.25) is 5.02 Å². The van der Waals surface area contributed by atoms with Gasteiger partial charge in [-0.2, -0.15) is 0 Å². The Kier molecular flexibility index (Phi) is 6.33. The fourth-order valence-corrected chi connectivity index (χ4v) is 4.48. The van der Waals surface area contributed by atoms with Gasteiger partial charge >= 0.3 is 0 Å². The van der Waals surface area contributed by atoms with Crippen molar-refractivity contribution in [2.45, 2.75) is 25.4 Å². The molecule has 1 amide bonds. The number of hydrogen-bond acceptors (Lipinski definition) is 4. The Bertz CT molecular complexity index is 1250. The molecule has 5 nitrogen and oxygen atoms in total. The molecule has 6 heteroatoms. The number of rotatable bonds is 5. The maximum Gasteiger partial charge on any atom is 0.252 e. The van der Waals surface area contributed by atoms with Gasteiger partial charge in [-0.3, -0.25) is 14.7 Å². The van der Waals surface area contributed by atoms with Gasteiger partial charge in [0, 0.05) is 47.8 Å². The number of nitrogens with zero attached hydrogens (tertiary/aromatic N) is 3. The summed E-state index contributed by atoms with van der Waals surface area (Å²) in [7, 11) is 0. The molecule has 0 saturated carbocycles. The Morgan fingerprint density at radius 3 is 2.52 bits per heavy atom. The summed E-state index contributed by atoms with van der Waals surface area (Å²) in [5.74, 6) is -0.0491. The minimum Gasteiger partial charge on any atom is -0.349 e. The van der Waals surface area contributed by atoms with E-state index in [0.29, 0.717) is 10.6 Å². The van der Waals surface area contributed by atoms with Crippen molar-refractivity contribution in [1.29, 1.82) is 0 Å². The lowest BCUT2D eigenvalue weighted by molar-refractivity contribution is 0.0910. The Morgan fingerprint density at radius 2 is 1.76 bits per heavy atom. The molecule has 1 N–H and O–H groups in total. The Hall–Kier alpha value is -3.28. The number of benzene rings is 2. The summed E-state index contributed by atoms with van der Waals surface area (Å²) >= 11 is 6.05. The zero-order chi connectivity index (χ0) is 22.6. The molecule has 2 aromatic carbocycles. The number of nitrogens with one attached hydrogen (secondary N) is 1. The molecule has 2 aromatic heterocycles. The first-order valence-electron chi connectivity index (χ1n) is 11.2. The van der Waals surface area contributed by atoms with Crippen LogP contribution in [-0.4, -0.2) is 39.9 Å². The van der Waals surface area contributed by atoms with E-state index in [1.165, 1.54) is 0 Å². The molecular weight excluding hydrogens is 432 g/mol. The van der Waals surface area contributed by atoms with Gasteiger partial charge in [0.25, 0.3) is 5.91 Å². The summed E-state index contributed by atoms with van der Waals surface area (Å²) in [4.78, 5) is 24.9. The third-order valence-corrected chi connectivity index (χ3v) is 6.39. The van der Waals surface area contributed by atoms with Gasteiger partial charge in [-0.15, -0.1) is 0 Å². The van der Waals surface area contributed by atoms with E-state index in [1.807, 2.05) is 72.9 Å². The van der Waals surface area contributed by atoms with Crippen LogP contribution in [-0.2, 0) is 6.54 Å². The maximum absolute atomic E-state index is 13.4. The number of fused-ring (bicyclic) bond motifs is 1. The van der Waals surface area contributed by atoms with Crippen molar-refractivity contribution >= 4 is 28.4 Å². The highest BCUT2D eigenvalue weighted by atomic mass is 35.5. The zero-order valence-electron chi connectivity index (χ0n) is 18.2. The molecule has 0 bridgehead atoms. The third kappa shape index (κ3) is 5.05. The lowest BCUT2D eigenvalue weighted by Crippen LogP contribution is -2.44. The molecule has 0 spiro atoms. The first-order valence-corrected chi connectivity index (χ1v) is 11.6. The lowest BCUT2D eigenvalue weighted by atomic mass is 10.0. The van der Waals surface area contributed by atoms with Crippen LogP contribution in [0, 0.1) is 0 Å². The molecule has 33 heavy (non-hydrogen) atoms. The number of amides is 1. The number of halogens is 1. The average Bonchev–Trinajstić information content (AvgIpc) is 2.85. The van der Waals surface area contributed by atoms with Crippen LogP contribution in [0.5, 0.6) is 0 Å². The van der Waals surface area contributed by atoms with Gasteiger partial charge in [-0.25, -0.2) is 4.98 Å². The van der Waals surface area contributed by atoms with Gasteiger partial charge in [-0.1, -0.05) is 48.0 Å². The number of aromatic nitrogens is 2. The molecule has 166 valence electrons. The molecule has 5 rings (SSSR count). The van der Waals surface area contributed by atoms with Gasteiger partial charge < -0.3 is 5.32 Å². The normalized spacial score (nSPS) is 14.9. The number of para-hydroxylation sites is 1. The van der Waals surface area contributed by atoms with E-state index in [-0.39, 0.29) is 11.9 Å². The average molecular weight is 457 g/mol. The number of likely N-dealkylation sites (tertiary alicyclic amines) is 1. The molecular formula is C27H25ClN4O. The van der Waals surface area contributed by atoms with E-state index in [4.69, 9.17) is 16.6 Å². The molecule has 4 aromatic rings. The standard InChI is InChI=1S/C27H25ClN4O/c28-20-10-8-19(9-11-20)26-17-24(23-6-1-2-7-25(23)31-26)27(33)30-21-12-15-32(16-13-21)18-22-5-3-4-14-29-22/h1-11,14,17,21H,12-13,15-16,18H2,(H,30,33). The monoisotopic (exact) mass is 456 g/mol. The summed E-state index contributed by atoms with van der Waals surface area (Å²) in [6.07, 6.45) is 3.68. The highest BCUT2D eigenvalue weighted by Gasteiger charge is 2.23. The zero-order valence-corrected chi connectivity index (χ0v) is 19.0. The Balaban J connectivity index is 1.32. The predicted octanol–water partition coefficient (Wildman–Crippen LogP) is 5.34. The highest BCUT2D eigenvalue weighted by Crippen LogP contribution is 2.26. The van der Waals surface area contributed by atoms with Crippen molar-refractivity contribution in [1.82, 2.24) is 20.2 Å². The molecule has 0 radical (unpaired) electrons. The third-order valence-electron chi connectivity index (χ3n) is 6.14. The minimum absolute atomic E-state index is 0.0491. The van der Waals surface area contributed by atoms with Crippen LogP contribution >= 0.6 is 11.6 Å². The van der Waals surface area contributed by atoms with Gasteiger partial charge in [0.05, 0.1) is 22.5 Å². The molecule has 3 heterocycles. The summed E-state index contributed by atoms with van der Waals surface area (Å²) in [6.45, 7) is 2.73.